The average Bonchev–Trinajstić information content (AvgIpc) is 2.09. The van der Waals surface area contributed by atoms with E-state index in [9.17, 15) is 4.79 Å². The van der Waals surface area contributed by atoms with Crippen LogP contribution in [-0.4, -0.2) is 48.8 Å². The van der Waals surface area contributed by atoms with Gasteiger partial charge in [0.1, 0.15) is 6.10 Å². The van der Waals surface area contributed by atoms with Crippen molar-refractivity contribution in [3.63, 3.8) is 0 Å². The number of carbonyl (C=O) groups is 1. The third-order valence-electron chi connectivity index (χ3n) is 2.14. The van der Waals surface area contributed by atoms with E-state index in [4.69, 9.17) is 9.84 Å². The maximum atomic E-state index is 11.4. The van der Waals surface area contributed by atoms with Crippen molar-refractivity contribution < 1.29 is 14.6 Å². The minimum Gasteiger partial charge on any atom is -0.395 e. The normalized spacial score (nSPS) is 24.7. The number of carbonyl (C=O) groups excluding carboxylic acids is 1. The molecule has 12 heavy (non-hydrogen) atoms. The Morgan fingerprint density at radius 1 is 1.75 bits per heavy atom. The largest absolute Gasteiger partial charge is 0.395 e. The third-order valence-corrected chi connectivity index (χ3v) is 2.14. The second kappa shape index (κ2) is 4.42. The van der Waals surface area contributed by atoms with Gasteiger partial charge in [0.2, 0.25) is 0 Å². The van der Waals surface area contributed by atoms with Crippen LogP contribution in [0.1, 0.15) is 12.8 Å². The predicted molar refractivity (Wildman–Crippen MR) is 43.7 cm³/mol. The van der Waals surface area contributed by atoms with Crippen molar-refractivity contribution in [2.45, 2.75) is 18.9 Å². The van der Waals surface area contributed by atoms with Gasteiger partial charge >= 0.3 is 0 Å². The van der Waals surface area contributed by atoms with E-state index in [-0.39, 0.29) is 18.6 Å². The van der Waals surface area contributed by atoms with Crippen LogP contribution in [-0.2, 0) is 9.53 Å². The van der Waals surface area contributed by atoms with Crippen LogP contribution in [0.4, 0.5) is 0 Å². The summed E-state index contributed by atoms with van der Waals surface area (Å²) in [4.78, 5) is 13.1. The van der Waals surface area contributed by atoms with E-state index in [1.165, 1.54) is 0 Å². The summed E-state index contributed by atoms with van der Waals surface area (Å²) in [6.07, 6.45) is 1.48. The zero-order valence-electron chi connectivity index (χ0n) is 7.32. The molecule has 0 spiro atoms. The van der Waals surface area contributed by atoms with Gasteiger partial charge in [0, 0.05) is 20.2 Å². The third kappa shape index (κ3) is 1.95. The zero-order valence-corrected chi connectivity index (χ0v) is 7.32. The fourth-order valence-electron chi connectivity index (χ4n) is 1.47. The second-order valence-electron chi connectivity index (χ2n) is 2.92. The molecule has 1 heterocycles. The van der Waals surface area contributed by atoms with Crippen molar-refractivity contribution in [1.82, 2.24) is 4.90 Å². The Kier molecular flexibility index (Phi) is 3.49. The number of amides is 1. The van der Waals surface area contributed by atoms with Crippen molar-refractivity contribution >= 4 is 5.91 Å². The Morgan fingerprint density at radius 3 is 3.08 bits per heavy atom. The molecule has 70 valence electrons. The highest BCUT2D eigenvalue weighted by Gasteiger charge is 2.27. The van der Waals surface area contributed by atoms with E-state index in [0.717, 1.165) is 19.4 Å². The molecule has 1 rings (SSSR count). The quantitative estimate of drug-likeness (QED) is 0.632. The smallest absolute Gasteiger partial charge is 0.251 e. The fraction of sp³-hybridized carbons (Fsp3) is 0.875. The first-order valence-corrected chi connectivity index (χ1v) is 4.22. The number of hydrogen-bond acceptors (Lipinski definition) is 3. The summed E-state index contributed by atoms with van der Waals surface area (Å²) in [7, 11) is 1.55. The number of rotatable bonds is 3. The first-order valence-electron chi connectivity index (χ1n) is 4.22. The number of likely N-dealkylation sites (tertiary alicyclic amines) is 1. The Hall–Kier alpha value is -0.610. The summed E-state index contributed by atoms with van der Waals surface area (Å²) in [5.41, 5.74) is 0. The van der Waals surface area contributed by atoms with Gasteiger partial charge in [0.15, 0.2) is 0 Å². The van der Waals surface area contributed by atoms with Crippen molar-refractivity contribution in [2.75, 3.05) is 26.8 Å². The molecule has 4 nitrogen and oxygen atoms in total. The summed E-state index contributed by atoms with van der Waals surface area (Å²) in [5.74, 6) is 0.0119. The number of β-amino-alcohol motifs (C(OH)–C–C–N with tert-alkyl or cyclic N) is 1. The highest BCUT2D eigenvalue weighted by molar-refractivity contribution is 5.81. The minimum atomic E-state index is -0.287. The molecule has 1 unspecified atom stereocenters. The van der Waals surface area contributed by atoms with Crippen LogP contribution >= 0.6 is 0 Å². The van der Waals surface area contributed by atoms with E-state index in [1.807, 2.05) is 0 Å². The van der Waals surface area contributed by atoms with Gasteiger partial charge in [-0.05, 0) is 12.8 Å². The molecule has 1 N–H and O–H groups in total. The summed E-state index contributed by atoms with van der Waals surface area (Å²) in [6, 6.07) is 0. The zero-order chi connectivity index (χ0) is 8.97. The monoisotopic (exact) mass is 173 g/mol. The molecule has 4 heteroatoms. The lowest BCUT2D eigenvalue weighted by Crippen LogP contribution is -2.46. The summed E-state index contributed by atoms with van der Waals surface area (Å²) in [5, 5.41) is 8.66. The van der Waals surface area contributed by atoms with Gasteiger partial charge in [-0.1, -0.05) is 0 Å². The molecule has 0 aromatic rings. The standard InChI is InChI=1S/C8H15NO3/c1-12-7-3-2-4-9(5-6-10)8(7)11/h7,10H,2-6H2,1H3. The molecule has 0 bridgehead atoms. The van der Waals surface area contributed by atoms with Crippen molar-refractivity contribution in [3.05, 3.63) is 0 Å². The Morgan fingerprint density at radius 2 is 2.50 bits per heavy atom. The van der Waals surface area contributed by atoms with E-state index < -0.39 is 0 Å². The van der Waals surface area contributed by atoms with Gasteiger partial charge in [-0.3, -0.25) is 4.79 Å². The number of aliphatic hydroxyl groups excluding tert-OH is 1. The first kappa shape index (κ1) is 9.48. The topological polar surface area (TPSA) is 49.8 Å². The molecule has 1 saturated heterocycles. The average molecular weight is 173 g/mol. The lowest BCUT2D eigenvalue weighted by molar-refractivity contribution is -0.146. The summed E-state index contributed by atoms with van der Waals surface area (Å²) in [6.45, 7) is 1.21. The van der Waals surface area contributed by atoms with Crippen molar-refractivity contribution in [3.8, 4) is 0 Å². The molecule has 1 amide bonds. The van der Waals surface area contributed by atoms with Crippen LogP contribution in [0.2, 0.25) is 0 Å². The van der Waals surface area contributed by atoms with Gasteiger partial charge in [0.25, 0.3) is 5.91 Å². The van der Waals surface area contributed by atoms with E-state index >= 15 is 0 Å². The van der Waals surface area contributed by atoms with Gasteiger partial charge < -0.3 is 14.7 Å². The maximum absolute atomic E-state index is 11.4. The van der Waals surface area contributed by atoms with Crippen LogP contribution in [0.3, 0.4) is 0 Å². The van der Waals surface area contributed by atoms with E-state index in [1.54, 1.807) is 12.0 Å². The fourth-order valence-corrected chi connectivity index (χ4v) is 1.47. The molecule has 1 atom stereocenters. The van der Waals surface area contributed by atoms with Gasteiger partial charge in [-0.15, -0.1) is 0 Å². The van der Waals surface area contributed by atoms with Crippen LogP contribution in [0.25, 0.3) is 0 Å². The molecule has 0 aliphatic carbocycles. The summed E-state index contributed by atoms with van der Waals surface area (Å²) >= 11 is 0. The lowest BCUT2D eigenvalue weighted by Gasteiger charge is -2.30. The van der Waals surface area contributed by atoms with Crippen molar-refractivity contribution in [1.29, 1.82) is 0 Å². The van der Waals surface area contributed by atoms with Crippen LogP contribution < -0.4 is 0 Å². The van der Waals surface area contributed by atoms with Crippen molar-refractivity contribution in [2.24, 2.45) is 0 Å². The number of methoxy groups -OCH3 is 1. The Balaban J connectivity index is 2.47. The Bertz CT molecular complexity index is 158. The van der Waals surface area contributed by atoms with Gasteiger partial charge in [-0.25, -0.2) is 0 Å². The predicted octanol–water partition coefficient (Wildman–Crippen LogP) is -0.384. The molecule has 0 radical (unpaired) electrons. The Labute approximate surface area is 72.1 Å². The van der Waals surface area contributed by atoms with Crippen LogP contribution in [0.15, 0.2) is 0 Å². The number of ether oxygens (including phenoxy) is 1. The number of nitrogens with zero attached hydrogens (tertiary/aromatic N) is 1. The molecule has 1 aliphatic rings. The molecule has 1 fully saturated rings. The number of hydrogen-bond donors (Lipinski definition) is 1. The van der Waals surface area contributed by atoms with Gasteiger partial charge in [-0.2, -0.15) is 0 Å². The highest BCUT2D eigenvalue weighted by Crippen LogP contribution is 2.13. The lowest BCUT2D eigenvalue weighted by atomic mass is 10.1. The van der Waals surface area contributed by atoms with Crippen LogP contribution in [0.5, 0.6) is 0 Å². The van der Waals surface area contributed by atoms with E-state index in [2.05, 4.69) is 0 Å². The maximum Gasteiger partial charge on any atom is 0.251 e. The molecule has 0 aromatic carbocycles. The molecular weight excluding hydrogens is 158 g/mol. The van der Waals surface area contributed by atoms with E-state index in [0.29, 0.717) is 6.54 Å². The molecule has 1 aliphatic heterocycles. The number of piperidine rings is 1. The first-order chi connectivity index (χ1) is 5.79. The summed E-state index contributed by atoms with van der Waals surface area (Å²) < 4.78 is 5.01. The molecule has 0 saturated carbocycles. The second-order valence-corrected chi connectivity index (χ2v) is 2.92. The highest BCUT2D eigenvalue weighted by atomic mass is 16.5. The SMILES string of the molecule is COC1CCCN(CCO)C1=O. The van der Waals surface area contributed by atoms with Crippen LogP contribution in [0, 0.1) is 0 Å². The van der Waals surface area contributed by atoms with Gasteiger partial charge in [0.05, 0.1) is 6.61 Å². The minimum absolute atomic E-state index is 0.0119. The molecular formula is C8H15NO3. The molecule has 0 aromatic heterocycles. The number of aliphatic hydroxyl groups is 1.